The maximum absolute atomic E-state index is 14.0. The van der Waals surface area contributed by atoms with Crippen LogP contribution in [0.25, 0.3) is 0 Å². The summed E-state index contributed by atoms with van der Waals surface area (Å²) >= 11 is 3.56. The number of dihydropyridines is 1. The molecule has 2 aromatic carbocycles. The molecule has 9 heteroatoms. The second-order valence-electron chi connectivity index (χ2n) is 12.6. The van der Waals surface area contributed by atoms with Gasteiger partial charge in [0.25, 0.3) is 5.91 Å². The van der Waals surface area contributed by atoms with E-state index < -0.39 is 17.6 Å². The molecule has 2 aliphatic carbocycles. The summed E-state index contributed by atoms with van der Waals surface area (Å²) < 4.78 is 25.9. The molecule has 1 aliphatic heterocycles. The third kappa shape index (κ3) is 5.82. The summed E-state index contributed by atoms with van der Waals surface area (Å²) in [6.45, 7) is 7.94. The first-order valence-corrected chi connectivity index (χ1v) is 14.4. The Hall–Kier alpha value is -3.46. The highest BCUT2D eigenvalue weighted by Crippen LogP contribution is 2.52. The number of amides is 1. The van der Waals surface area contributed by atoms with Crippen molar-refractivity contribution in [3.8, 4) is 11.5 Å². The number of ether oxygens (including phenoxy) is 2. The molecule has 3 aliphatic rings. The van der Waals surface area contributed by atoms with Crippen LogP contribution in [0.5, 0.6) is 11.5 Å². The summed E-state index contributed by atoms with van der Waals surface area (Å²) in [5.41, 5.74) is 3.40. The number of anilines is 1. The number of para-hydroxylation sites is 1. The van der Waals surface area contributed by atoms with E-state index in [1.807, 2.05) is 6.07 Å². The van der Waals surface area contributed by atoms with Crippen LogP contribution in [-0.4, -0.2) is 31.2 Å². The van der Waals surface area contributed by atoms with E-state index in [2.05, 4.69) is 54.3 Å². The van der Waals surface area contributed by atoms with Crippen LogP contribution in [0.3, 0.4) is 0 Å². The molecular formula is C32H34BrFN2O5. The normalized spacial score (nSPS) is 19.8. The molecule has 0 aromatic heterocycles. The molecule has 7 nitrogen and oxygen atoms in total. The zero-order valence-corrected chi connectivity index (χ0v) is 25.5. The Kier molecular flexibility index (Phi) is 7.61. The average Bonchev–Trinajstić information content (AvgIpc) is 2.86. The minimum absolute atomic E-state index is 0.0261. The van der Waals surface area contributed by atoms with Gasteiger partial charge >= 0.3 is 0 Å². The van der Waals surface area contributed by atoms with Crippen LogP contribution in [0.4, 0.5) is 10.1 Å². The summed E-state index contributed by atoms with van der Waals surface area (Å²) in [5, 5.41) is 6.02. The van der Waals surface area contributed by atoms with Gasteiger partial charge in [-0.25, -0.2) is 4.39 Å². The van der Waals surface area contributed by atoms with Crippen molar-refractivity contribution in [2.24, 2.45) is 10.8 Å². The number of carbonyl (C=O) groups is 3. The van der Waals surface area contributed by atoms with Gasteiger partial charge in [-0.3, -0.25) is 14.4 Å². The molecule has 0 unspecified atom stereocenters. The molecular weight excluding hydrogens is 591 g/mol. The van der Waals surface area contributed by atoms with E-state index >= 15 is 0 Å². The van der Waals surface area contributed by atoms with Crippen LogP contribution < -0.4 is 20.1 Å². The Morgan fingerprint density at radius 3 is 2.15 bits per heavy atom. The molecule has 0 saturated heterocycles. The van der Waals surface area contributed by atoms with Crippen LogP contribution in [0.15, 0.2) is 63.4 Å². The van der Waals surface area contributed by atoms with E-state index in [0.29, 0.717) is 47.1 Å². The van der Waals surface area contributed by atoms with Gasteiger partial charge in [-0.15, -0.1) is 0 Å². The zero-order chi connectivity index (χ0) is 29.7. The van der Waals surface area contributed by atoms with Crippen molar-refractivity contribution in [2.45, 2.75) is 59.3 Å². The van der Waals surface area contributed by atoms with Gasteiger partial charge in [-0.2, -0.15) is 0 Å². The fraction of sp³-hybridized carbons (Fsp3) is 0.406. The number of ketones is 2. The van der Waals surface area contributed by atoms with Crippen LogP contribution in [0.1, 0.15) is 64.9 Å². The van der Waals surface area contributed by atoms with Crippen molar-refractivity contribution in [1.82, 2.24) is 5.32 Å². The van der Waals surface area contributed by atoms with E-state index in [9.17, 15) is 18.8 Å². The number of hydrogen-bond donors (Lipinski definition) is 2. The standard InChI is InChI=1S/C32H34BrFN2O5/c1-31(2)12-21-28(23(37)14-31)27(29-22(35-21)13-32(3,4)15-24(29)38)17-10-18(33)30(25(11-17)40-5)41-16-26(39)36-20-9-7-6-8-19(20)34/h6-11,27,35H,12-16H2,1-5H3,(H,36,39). The van der Waals surface area contributed by atoms with Gasteiger partial charge in [0.15, 0.2) is 29.7 Å². The molecule has 216 valence electrons. The molecule has 1 amide bonds. The lowest BCUT2D eigenvalue weighted by atomic mass is 9.64. The Bertz CT molecular complexity index is 1470. The lowest BCUT2D eigenvalue weighted by Gasteiger charge is -2.44. The second kappa shape index (κ2) is 10.7. The van der Waals surface area contributed by atoms with Crippen molar-refractivity contribution in [2.75, 3.05) is 19.0 Å². The van der Waals surface area contributed by atoms with Crippen LogP contribution in [-0.2, 0) is 14.4 Å². The zero-order valence-electron chi connectivity index (χ0n) is 23.9. The smallest absolute Gasteiger partial charge is 0.262 e. The lowest BCUT2D eigenvalue weighted by Crippen LogP contribution is -2.42. The van der Waals surface area contributed by atoms with E-state index in [0.717, 1.165) is 17.0 Å². The van der Waals surface area contributed by atoms with Crippen LogP contribution in [0, 0.1) is 16.6 Å². The predicted molar refractivity (Wildman–Crippen MR) is 157 cm³/mol. The van der Waals surface area contributed by atoms with Gasteiger partial charge in [0, 0.05) is 41.3 Å². The van der Waals surface area contributed by atoms with Crippen molar-refractivity contribution in [1.29, 1.82) is 0 Å². The highest BCUT2D eigenvalue weighted by molar-refractivity contribution is 9.10. The number of carbonyl (C=O) groups excluding carboxylic acids is 3. The van der Waals surface area contributed by atoms with E-state index in [1.54, 1.807) is 12.1 Å². The molecule has 0 fully saturated rings. The van der Waals surface area contributed by atoms with Crippen molar-refractivity contribution >= 4 is 39.1 Å². The lowest BCUT2D eigenvalue weighted by molar-refractivity contribution is -0.119. The number of benzene rings is 2. The predicted octanol–water partition coefficient (Wildman–Crippen LogP) is 6.59. The summed E-state index contributed by atoms with van der Waals surface area (Å²) in [6, 6.07) is 9.46. The Labute approximate surface area is 247 Å². The molecule has 41 heavy (non-hydrogen) atoms. The third-order valence-corrected chi connectivity index (χ3v) is 8.39. The first-order chi connectivity index (χ1) is 19.3. The van der Waals surface area contributed by atoms with Crippen LogP contribution >= 0.6 is 15.9 Å². The highest BCUT2D eigenvalue weighted by atomic mass is 79.9. The molecule has 0 saturated carbocycles. The van der Waals surface area contributed by atoms with Crippen molar-refractivity contribution in [3.63, 3.8) is 0 Å². The summed E-state index contributed by atoms with van der Waals surface area (Å²) in [7, 11) is 1.48. The summed E-state index contributed by atoms with van der Waals surface area (Å²) in [4.78, 5) is 39.7. The maximum atomic E-state index is 14.0. The van der Waals surface area contributed by atoms with Gasteiger partial charge < -0.3 is 20.1 Å². The molecule has 0 radical (unpaired) electrons. The molecule has 2 N–H and O–H groups in total. The van der Waals surface area contributed by atoms with Crippen LogP contribution in [0.2, 0.25) is 0 Å². The Morgan fingerprint density at radius 1 is 1.00 bits per heavy atom. The molecule has 5 rings (SSSR count). The SMILES string of the molecule is COc1cc(C2C3=C(CC(C)(C)CC3=O)NC3=C2C(=O)CC(C)(C)C3)cc(Br)c1OCC(=O)Nc1ccccc1F. The molecule has 1 heterocycles. The fourth-order valence-corrected chi connectivity index (χ4v) is 6.73. The molecule has 0 spiro atoms. The topological polar surface area (TPSA) is 93.7 Å². The van der Waals surface area contributed by atoms with Gasteiger partial charge in [0.05, 0.1) is 17.3 Å². The van der Waals surface area contributed by atoms with Gasteiger partial charge in [0.1, 0.15) is 5.82 Å². The Balaban J connectivity index is 1.51. The number of rotatable bonds is 6. The number of halogens is 2. The minimum atomic E-state index is -0.547. The first-order valence-electron chi connectivity index (χ1n) is 13.6. The highest BCUT2D eigenvalue weighted by Gasteiger charge is 2.46. The van der Waals surface area contributed by atoms with Crippen molar-refractivity contribution in [3.05, 3.63) is 74.8 Å². The van der Waals surface area contributed by atoms with Gasteiger partial charge in [-0.1, -0.05) is 39.8 Å². The molecule has 0 atom stereocenters. The van der Waals surface area contributed by atoms with E-state index in [-0.39, 0.29) is 40.4 Å². The number of allylic oxidation sites excluding steroid dienone is 4. The number of nitrogens with one attached hydrogen (secondary N) is 2. The summed E-state index contributed by atoms with van der Waals surface area (Å²) in [6.07, 6.45) is 2.19. The maximum Gasteiger partial charge on any atom is 0.262 e. The van der Waals surface area contributed by atoms with Gasteiger partial charge in [0.2, 0.25) is 0 Å². The molecule has 0 bridgehead atoms. The average molecular weight is 626 g/mol. The summed E-state index contributed by atoms with van der Waals surface area (Å²) in [5.74, 6) is -0.961. The number of methoxy groups -OCH3 is 1. The van der Waals surface area contributed by atoms with Gasteiger partial charge in [-0.05, 0) is 69.4 Å². The van der Waals surface area contributed by atoms with Crippen molar-refractivity contribution < 1.29 is 28.2 Å². The van der Waals surface area contributed by atoms with E-state index in [4.69, 9.17) is 9.47 Å². The third-order valence-electron chi connectivity index (χ3n) is 7.80. The number of Topliss-reactive ketones (excluding diaryl/α,β-unsaturated/α-hetero) is 2. The van der Waals surface area contributed by atoms with E-state index in [1.165, 1.54) is 25.3 Å². The minimum Gasteiger partial charge on any atom is -0.493 e. The fourth-order valence-electron chi connectivity index (χ4n) is 6.16. The largest absolute Gasteiger partial charge is 0.493 e. The Morgan fingerprint density at radius 2 is 1.59 bits per heavy atom. The second-order valence-corrected chi connectivity index (χ2v) is 13.4. The first kappa shape index (κ1) is 29.0. The molecule has 2 aromatic rings. The number of hydrogen-bond acceptors (Lipinski definition) is 6. The monoisotopic (exact) mass is 624 g/mol. The quantitative estimate of drug-likeness (QED) is 0.377.